The van der Waals surface area contributed by atoms with Crippen molar-refractivity contribution in [1.29, 1.82) is 0 Å². The second-order valence-corrected chi connectivity index (χ2v) is 8.08. The highest BCUT2D eigenvalue weighted by Crippen LogP contribution is 2.18. The highest BCUT2D eigenvalue weighted by Gasteiger charge is 2.11. The van der Waals surface area contributed by atoms with Crippen molar-refractivity contribution in [2.24, 2.45) is 0 Å². The number of morpholine rings is 1. The van der Waals surface area contributed by atoms with Gasteiger partial charge >= 0.3 is 0 Å². The normalized spacial score (nSPS) is 14.2. The van der Waals surface area contributed by atoms with Gasteiger partial charge in [0.1, 0.15) is 0 Å². The number of benzene rings is 3. The maximum atomic E-state index is 12.4. The van der Waals surface area contributed by atoms with Gasteiger partial charge in [-0.05, 0) is 27.5 Å². The summed E-state index contributed by atoms with van der Waals surface area (Å²) in [5.74, 6) is -0.362. The quantitative estimate of drug-likeness (QED) is 0.575. The molecule has 0 unspecified atom stereocenters. The van der Waals surface area contributed by atoms with Crippen molar-refractivity contribution < 1.29 is 14.3 Å². The standard InChI is InChI=1S/C26H29N3O3/c30-25(16-23-9-4-8-22-7-1-2-10-24(22)23)28-18-26(31)27-17-20-5-3-6-21(15-20)19-29-11-13-32-14-12-29/h1-10,15H,11-14,16-19H2,(H,27,31)(H,28,30). The first-order valence-electron chi connectivity index (χ1n) is 11.1. The smallest absolute Gasteiger partial charge is 0.239 e. The van der Waals surface area contributed by atoms with E-state index in [-0.39, 0.29) is 24.8 Å². The van der Waals surface area contributed by atoms with Gasteiger partial charge in [0, 0.05) is 26.2 Å². The van der Waals surface area contributed by atoms with E-state index in [1.54, 1.807) is 0 Å². The predicted molar refractivity (Wildman–Crippen MR) is 125 cm³/mol. The Kier molecular flexibility index (Phi) is 7.48. The van der Waals surface area contributed by atoms with E-state index >= 15 is 0 Å². The molecule has 32 heavy (non-hydrogen) atoms. The molecule has 3 aromatic carbocycles. The molecule has 4 rings (SSSR count). The van der Waals surface area contributed by atoms with Crippen LogP contribution in [0.15, 0.2) is 66.7 Å². The van der Waals surface area contributed by atoms with Crippen LogP contribution >= 0.6 is 0 Å². The molecule has 1 aliphatic rings. The van der Waals surface area contributed by atoms with Crippen LogP contribution in [-0.2, 0) is 33.8 Å². The second-order valence-electron chi connectivity index (χ2n) is 8.08. The highest BCUT2D eigenvalue weighted by molar-refractivity contribution is 5.91. The van der Waals surface area contributed by atoms with Crippen molar-refractivity contribution in [3.8, 4) is 0 Å². The third kappa shape index (κ3) is 6.15. The van der Waals surface area contributed by atoms with Crippen LogP contribution in [0.4, 0.5) is 0 Å². The first-order valence-corrected chi connectivity index (χ1v) is 11.1. The van der Waals surface area contributed by atoms with Crippen LogP contribution in [0.3, 0.4) is 0 Å². The van der Waals surface area contributed by atoms with Crippen molar-refractivity contribution in [3.05, 3.63) is 83.4 Å². The third-order valence-corrected chi connectivity index (χ3v) is 5.67. The molecule has 6 nitrogen and oxygen atoms in total. The summed E-state index contributed by atoms with van der Waals surface area (Å²) in [6.45, 7) is 4.74. The summed E-state index contributed by atoms with van der Waals surface area (Å²) in [7, 11) is 0. The molecule has 2 amide bonds. The first-order chi connectivity index (χ1) is 15.7. The average molecular weight is 432 g/mol. The number of ether oxygens (including phenoxy) is 1. The van der Waals surface area contributed by atoms with E-state index in [1.807, 2.05) is 54.6 Å². The lowest BCUT2D eigenvalue weighted by molar-refractivity contribution is -0.125. The first kappa shape index (κ1) is 22.0. The molecule has 0 aliphatic carbocycles. The molecule has 0 bridgehead atoms. The molecule has 166 valence electrons. The number of carbonyl (C=O) groups is 2. The monoisotopic (exact) mass is 431 g/mol. The average Bonchev–Trinajstić information content (AvgIpc) is 2.83. The Hall–Kier alpha value is -3.22. The lowest BCUT2D eigenvalue weighted by Gasteiger charge is -2.26. The second kappa shape index (κ2) is 10.9. The number of fused-ring (bicyclic) bond motifs is 1. The van der Waals surface area contributed by atoms with Gasteiger partial charge in [-0.2, -0.15) is 0 Å². The van der Waals surface area contributed by atoms with Gasteiger partial charge < -0.3 is 15.4 Å². The van der Waals surface area contributed by atoms with Gasteiger partial charge in [0.2, 0.25) is 11.8 Å². The Balaban J connectivity index is 1.23. The van der Waals surface area contributed by atoms with Gasteiger partial charge in [-0.25, -0.2) is 0 Å². The molecule has 1 fully saturated rings. The summed E-state index contributed by atoms with van der Waals surface area (Å²) in [6.07, 6.45) is 0.248. The number of hydrogen-bond acceptors (Lipinski definition) is 4. The minimum absolute atomic E-state index is 0.0307. The fourth-order valence-corrected chi connectivity index (χ4v) is 3.98. The Bertz CT molecular complexity index is 1070. The maximum absolute atomic E-state index is 12.4. The van der Waals surface area contributed by atoms with Crippen molar-refractivity contribution >= 4 is 22.6 Å². The zero-order chi connectivity index (χ0) is 22.2. The van der Waals surface area contributed by atoms with E-state index in [9.17, 15) is 9.59 Å². The van der Waals surface area contributed by atoms with Gasteiger partial charge in [0.25, 0.3) is 0 Å². The molecule has 0 spiro atoms. The molecule has 3 aromatic rings. The molecular weight excluding hydrogens is 402 g/mol. The molecule has 1 heterocycles. The number of amides is 2. The maximum Gasteiger partial charge on any atom is 0.239 e. The minimum atomic E-state index is -0.199. The lowest BCUT2D eigenvalue weighted by Crippen LogP contribution is -2.37. The molecule has 0 saturated carbocycles. The minimum Gasteiger partial charge on any atom is -0.379 e. The molecule has 0 radical (unpaired) electrons. The molecular formula is C26H29N3O3. The Morgan fingerprint density at radius 3 is 2.47 bits per heavy atom. The Morgan fingerprint density at radius 2 is 1.59 bits per heavy atom. The van der Waals surface area contributed by atoms with Crippen molar-refractivity contribution in [2.45, 2.75) is 19.5 Å². The van der Waals surface area contributed by atoms with Crippen LogP contribution < -0.4 is 10.6 Å². The van der Waals surface area contributed by atoms with Gasteiger partial charge in [0.05, 0.1) is 26.2 Å². The fourth-order valence-electron chi connectivity index (χ4n) is 3.98. The molecule has 1 aliphatic heterocycles. The zero-order valence-electron chi connectivity index (χ0n) is 18.2. The number of nitrogens with zero attached hydrogens (tertiary/aromatic N) is 1. The summed E-state index contributed by atoms with van der Waals surface area (Å²) in [4.78, 5) is 27.0. The van der Waals surface area contributed by atoms with Crippen LogP contribution in [0.5, 0.6) is 0 Å². The van der Waals surface area contributed by atoms with E-state index in [2.05, 4.69) is 27.7 Å². The van der Waals surface area contributed by atoms with E-state index in [4.69, 9.17) is 4.74 Å². The summed E-state index contributed by atoms with van der Waals surface area (Å²) in [6, 6.07) is 22.2. The fraction of sp³-hybridized carbons (Fsp3) is 0.308. The number of hydrogen-bond donors (Lipinski definition) is 2. The zero-order valence-corrected chi connectivity index (χ0v) is 18.2. The molecule has 0 aromatic heterocycles. The number of carbonyl (C=O) groups excluding carboxylic acids is 2. The SMILES string of the molecule is O=C(CNC(=O)Cc1cccc2ccccc12)NCc1cccc(CN2CCOCC2)c1. The largest absolute Gasteiger partial charge is 0.379 e. The van der Waals surface area contributed by atoms with Crippen molar-refractivity contribution in [3.63, 3.8) is 0 Å². The van der Waals surface area contributed by atoms with E-state index in [0.29, 0.717) is 6.54 Å². The summed E-state index contributed by atoms with van der Waals surface area (Å²) in [5, 5.41) is 7.78. The van der Waals surface area contributed by atoms with Crippen molar-refractivity contribution in [1.82, 2.24) is 15.5 Å². The van der Waals surface area contributed by atoms with E-state index < -0.39 is 0 Å². The van der Waals surface area contributed by atoms with Crippen LogP contribution in [0.1, 0.15) is 16.7 Å². The van der Waals surface area contributed by atoms with Gasteiger partial charge in [-0.15, -0.1) is 0 Å². The predicted octanol–water partition coefficient (Wildman–Crippen LogP) is 2.65. The van der Waals surface area contributed by atoms with Crippen LogP contribution in [0.25, 0.3) is 10.8 Å². The van der Waals surface area contributed by atoms with Crippen LogP contribution in [0.2, 0.25) is 0 Å². The molecule has 0 atom stereocenters. The van der Waals surface area contributed by atoms with E-state index in [1.165, 1.54) is 5.56 Å². The van der Waals surface area contributed by atoms with Gasteiger partial charge in [-0.1, -0.05) is 66.7 Å². The molecule has 6 heteroatoms. The van der Waals surface area contributed by atoms with Crippen LogP contribution in [0, 0.1) is 0 Å². The molecule has 2 N–H and O–H groups in total. The Morgan fingerprint density at radius 1 is 0.844 bits per heavy atom. The molecule has 1 saturated heterocycles. The van der Waals surface area contributed by atoms with Gasteiger partial charge in [0.15, 0.2) is 0 Å². The number of nitrogens with one attached hydrogen (secondary N) is 2. The van der Waals surface area contributed by atoms with E-state index in [0.717, 1.165) is 54.7 Å². The topological polar surface area (TPSA) is 70.7 Å². The van der Waals surface area contributed by atoms with Crippen molar-refractivity contribution in [2.75, 3.05) is 32.8 Å². The lowest BCUT2D eigenvalue weighted by atomic mass is 10.0. The van der Waals surface area contributed by atoms with Crippen LogP contribution in [-0.4, -0.2) is 49.6 Å². The van der Waals surface area contributed by atoms with Gasteiger partial charge in [-0.3, -0.25) is 14.5 Å². The highest BCUT2D eigenvalue weighted by atomic mass is 16.5. The summed E-state index contributed by atoms with van der Waals surface area (Å²) in [5.41, 5.74) is 3.23. The summed E-state index contributed by atoms with van der Waals surface area (Å²) >= 11 is 0. The Labute approximate surface area is 188 Å². The third-order valence-electron chi connectivity index (χ3n) is 5.67. The summed E-state index contributed by atoms with van der Waals surface area (Å²) < 4.78 is 5.40. The number of rotatable bonds is 8.